The van der Waals surface area contributed by atoms with Crippen LogP contribution in [-0.4, -0.2) is 9.97 Å². The standard InChI is InChI=1S/C13H8BrFN2/c14-9-3-6-11-12(7-9)17-13(16-11)8-1-4-10(15)5-2-8/h1-7H,(H,16,17). The molecule has 0 saturated heterocycles. The minimum absolute atomic E-state index is 0.243. The van der Waals surface area contributed by atoms with Gasteiger partial charge in [-0.1, -0.05) is 15.9 Å². The normalized spacial score (nSPS) is 10.9. The lowest BCUT2D eigenvalue weighted by molar-refractivity contribution is 0.628. The van der Waals surface area contributed by atoms with Crippen molar-refractivity contribution in [1.29, 1.82) is 0 Å². The number of hydrogen-bond acceptors (Lipinski definition) is 1. The van der Waals surface area contributed by atoms with E-state index in [2.05, 4.69) is 25.9 Å². The molecular formula is C13H8BrFN2. The van der Waals surface area contributed by atoms with Gasteiger partial charge in [0.05, 0.1) is 11.0 Å². The predicted octanol–water partition coefficient (Wildman–Crippen LogP) is 4.13. The van der Waals surface area contributed by atoms with Crippen molar-refractivity contribution in [1.82, 2.24) is 9.97 Å². The summed E-state index contributed by atoms with van der Waals surface area (Å²) < 4.78 is 13.8. The van der Waals surface area contributed by atoms with Crippen LogP contribution in [0.4, 0.5) is 4.39 Å². The number of imidazole rings is 1. The van der Waals surface area contributed by atoms with Crippen molar-refractivity contribution in [3.63, 3.8) is 0 Å². The number of fused-ring (bicyclic) bond motifs is 1. The molecule has 84 valence electrons. The van der Waals surface area contributed by atoms with Gasteiger partial charge in [-0.25, -0.2) is 9.37 Å². The molecule has 3 rings (SSSR count). The van der Waals surface area contributed by atoms with E-state index in [1.165, 1.54) is 12.1 Å². The molecule has 0 saturated carbocycles. The van der Waals surface area contributed by atoms with E-state index in [1.807, 2.05) is 18.2 Å². The highest BCUT2D eigenvalue weighted by atomic mass is 79.9. The fraction of sp³-hybridized carbons (Fsp3) is 0. The summed E-state index contributed by atoms with van der Waals surface area (Å²) in [6, 6.07) is 12.1. The third-order valence-corrected chi connectivity index (χ3v) is 3.05. The molecule has 0 radical (unpaired) electrons. The second-order valence-electron chi connectivity index (χ2n) is 3.75. The minimum Gasteiger partial charge on any atom is -0.338 e. The van der Waals surface area contributed by atoms with E-state index in [1.54, 1.807) is 12.1 Å². The number of aromatic nitrogens is 2. The quantitative estimate of drug-likeness (QED) is 0.717. The van der Waals surface area contributed by atoms with Gasteiger partial charge in [0.2, 0.25) is 0 Å². The third kappa shape index (κ3) is 1.96. The maximum absolute atomic E-state index is 12.8. The highest BCUT2D eigenvalue weighted by Crippen LogP contribution is 2.23. The summed E-state index contributed by atoms with van der Waals surface area (Å²) in [5.41, 5.74) is 2.73. The molecule has 3 aromatic rings. The van der Waals surface area contributed by atoms with Gasteiger partial charge in [-0.3, -0.25) is 0 Å². The van der Waals surface area contributed by atoms with Crippen LogP contribution < -0.4 is 0 Å². The summed E-state index contributed by atoms with van der Waals surface area (Å²) in [5, 5.41) is 0. The molecule has 0 aliphatic carbocycles. The largest absolute Gasteiger partial charge is 0.338 e. The van der Waals surface area contributed by atoms with E-state index >= 15 is 0 Å². The van der Waals surface area contributed by atoms with E-state index in [-0.39, 0.29) is 5.82 Å². The van der Waals surface area contributed by atoms with Crippen LogP contribution in [0.3, 0.4) is 0 Å². The van der Waals surface area contributed by atoms with Gasteiger partial charge < -0.3 is 4.98 Å². The van der Waals surface area contributed by atoms with Crippen LogP contribution in [0.15, 0.2) is 46.9 Å². The fourth-order valence-corrected chi connectivity index (χ4v) is 2.09. The first-order valence-corrected chi connectivity index (χ1v) is 5.93. The lowest BCUT2D eigenvalue weighted by Gasteiger charge is -1.94. The molecule has 0 spiro atoms. The van der Waals surface area contributed by atoms with E-state index in [0.717, 1.165) is 26.9 Å². The maximum Gasteiger partial charge on any atom is 0.138 e. The number of benzene rings is 2. The molecule has 4 heteroatoms. The van der Waals surface area contributed by atoms with Gasteiger partial charge in [-0.2, -0.15) is 0 Å². The smallest absolute Gasteiger partial charge is 0.138 e. The number of nitrogens with one attached hydrogen (secondary N) is 1. The van der Waals surface area contributed by atoms with Crippen LogP contribution in [0, 0.1) is 5.82 Å². The Hall–Kier alpha value is -1.68. The van der Waals surface area contributed by atoms with Gasteiger partial charge in [0.1, 0.15) is 11.6 Å². The van der Waals surface area contributed by atoms with Crippen LogP contribution in [0.5, 0.6) is 0 Å². The zero-order chi connectivity index (χ0) is 11.8. The third-order valence-electron chi connectivity index (χ3n) is 2.56. The van der Waals surface area contributed by atoms with Crippen molar-refractivity contribution in [3.05, 3.63) is 52.8 Å². The Kier molecular flexibility index (Phi) is 2.44. The monoisotopic (exact) mass is 290 g/mol. The lowest BCUT2D eigenvalue weighted by Crippen LogP contribution is -1.80. The summed E-state index contributed by atoms with van der Waals surface area (Å²) in [7, 11) is 0. The Morgan fingerprint density at radius 2 is 1.82 bits per heavy atom. The average molecular weight is 291 g/mol. The number of hydrogen-bond donors (Lipinski definition) is 1. The Labute approximate surface area is 106 Å². The van der Waals surface area contributed by atoms with Crippen molar-refractivity contribution < 1.29 is 4.39 Å². The Balaban J connectivity index is 2.14. The second kappa shape index (κ2) is 3.96. The number of nitrogens with zero attached hydrogens (tertiary/aromatic N) is 1. The van der Waals surface area contributed by atoms with Crippen LogP contribution in [-0.2, 0) is 0 Å². The molecule has 1 heterocycles. The van der Waals surface area contributed by atoms with Crippen LogP contribution in [0.2, 0.25) is 0 Å². The molecule has 1 aromatic heterocycles. The molecule has 0 bridgehead atoms. The Morgan fingerprint density at radius 3 is 2.59 bits per heavy atom. The molecule has 17 heavy (non-hydrogen) atoms. The average Bonchev–Trinajstić information content (AvgIpc) is 2.72. The van der Waals surface area contributed by atoms with Gasteiger partial charge >= 0.3 is 0 Å². The predicted molar refractivity (Wildman–Crippen MR) is 69.2 cm³/mol. The molecular weight excluding hydrogens is 283 g/mol. The second-order valence-corrected chi connectivity index (χ2v) is 4.67. The molecule has 0 fully saturated rings. The summed E-state index contributed by atoms with van der Waals surface area (Å²) >= 11 is 3.41. The first kappa shape index (κ1) is 10.5. The summed E-state index contributed by atoms with van der Waals surface area (Å²) in [5.74, 6) is 0.505. The number of aromatic amines is 1. The van der Waals surface area contributed by atoms with Crippen molar-refractivity contribution in [2.24, 2.45) is 0 Å². The zero-order valence-electron chi connectivity index (χ0n) is 8.74. The molecule has 2 aromatic carbocycles. The lowest BCUT2D eigenvalue weighted by atomic mass is 10.2. The maximum atomic E-state index is 12.8. The first-order chi connectivity index (χ1) is 8.22. The highest BCUT2D eigenvalue weighted by Gasteiger charge is 2.05. The van der Waals surface area contributed by atoms with E-state index in [9.17, 15) is 4.39 Å². The van der Waals surface area contributed by atoms with E-state index in [0.29, 0.717) is 0 Å². The molecule has 1 N–H and O–H groups in total. The van der Waals surface area contributed by atoms with Gasteiger partial charge in [0, 0.05) is 10.0 Å². The summed E-state index contributed by atoms with van der Waals surface area (Å²) in [6.07, 6.45) is 0. The first-order valence-electron chi connectivity index (χ1n) is 5.13. The van der Waals surface area contributed by atoms with Gasteiger partial charge in [-0.05, 0) is 42.5 Å². The topological polar surface area (TPSA) is 28.7 Å². The van der Waals surface area contributed by atoms with Gasteiger partial charge in [-0.15, -0.1) is 0 Å². The molecule has 0 aliphatic heterocycles. The SMILES string of the molecule is Fc1ccc(-c2nc3ccc(Br)cc3[nH]2)cc1. The summed E-state index contributed by atoms with van der Waals surface area (Å²) in [6.45, 7) is 0. The molecule has 0 unspecified atom stereocenters. The fourth-order valence-electron chi connectivity index (χ4n) is 1.73. The van der Waals surface area contributed by atoms with Crippen LogP contribution in [0.1, 0.15) is 0 Å². The van der Waals surface area contributed by atoms with Crippen molar-refractivity contribution in [2.45, 2.75) is 0 Å². The molecule has 2 nitrogen and oxygen atoms in total. The van der Waals surface area contributed by atoms with Crippen LogP contribution in [0.25, 0.3) is 22.4 Å². The van der Waals surface area contributed by atoms with E-state index < -0.39 is 0 Å². The van der Waals surface area contributed by atoms with Crippen molar-refractivity contribution >= 4 is 27.0 Å². The number of halogens is 2. The number of rotatable bonds is 1. The Bertz CT molecular complexity index is 673. The van der Waals surface area contributed by atoms with Crippen molar-refractivity contribution in [3.8, 4) is 11.4 Å². The number of H-pyrrole nitrogens is 1. The molecule has 0 amide bonds. The van der Waals surface area contributed by atoms with Gasteiger partial charge in [0.15, 0.2) is 0 Å². The zero-order valence-corrected chi connectivity index (χ0v) is 10.3. The van der Waals surface area contributed by atoms with Crippen LogP contribution >= 0.6 is 15.9 Å². The minimum atomic E-state index is -0.243. The highest BCUT2D eigenvalue weighted by molar-refractivity contribution is 9.10. The van der Waals surface area contributed by atoms with Gasteiger partial charge in [0.25, 0.3) is 0 Å². The van der Waals surface area contributed by atoms with E-state index in [4.69, 9.17) is 0 Å². The molecule has 0 aliphatic rings. The molecule has 0 atom stereocenters. The van der Waals surface area contributed by atoms with Crippen molar-refractivity contribution in [2.75, 3.05) is 0 Å². The summed E-state index contributed by atoms with van der Waals surface area (Å²) in [4.78, 5) is 7.66. The Morgan fingerprint density at radius 1 is 1.06 bits per heavy atom.